The van der Waals surface area contributed by atoms with E-state index in [1.807, 2.05) is 0 Å². The first-order valence-corrected chi connectivity index (χ1v) is 7.58. The highest BCUT2D eigenvalue weighted by molar-refractivity contribution is 5.82. The molecule has 2 heterocycles. The maximum absolute atomic E-state index is 14.3. The third kappa shape index (κ3) is 2.76. The summed E-state index contributed by atoms with van der Waals surface area (Å²) < 4.78 is 15.8. The quantitative estimate of drug-likeness (QED) is 0.757. The van der Waals surface area contributed by atoms with Gasteiger partial charge in [-0.1, -0.05) is 24.8 Å². The summed E-state index contributed by atoms with van der Waals surface area (Å²) >= 11 is 0. The van der Waals surface area contributed by atoms with Crippen LogP contribution >= 0.6 is 0 Å². The van der Waals surface area contributed by atoms with Crippen molar-refractivity contribution in [3.05, 3.63) is 53.7 Å². The molecule has 1 aliphatic rings. The molecule has 0 unspecified atom stereocenters. The zero-order valence-corrected chi connectivity index (χ0v) is 12.9. The number of aliphatic hydroxyl groups is 1. The highest BCUT2D eigenvalue weighted by Gasteiger charge is 2.40. The predicted molar refractivity (Wildman–Crippen MR) is 85.4 cm³/mol. The van der Waals surface area contributed by atoms with Crippen LogP contribution in [0.1, 0.15) is 23.9 Å². The monoisotopic (exact) mass is 331 g/mol. The van der Waals surface area contributed by atoms with Gasteiger partial charge in [-0.15, -0.1) is 0 Å². The Morgan fingerprint density at radius 2 is 2.21 bits per heavy atom. The maximum atomic E-state index is 14.3. The molecule has 1 aromatic carbocycles. The van der Waals surface area contributed by atoms with Gasteiger partial charge in [-0.05, 0) is 12.5 Å². The summed E-state index contributed by atoms with van der Waals surface area (Å²) in [7, 11) is 0. The van der Waals surface area contributed by atoms with E-state index in [1.165, 1.54) is 10.7 Å². The number of nitrogens with two attached hydrogens (primary N) is 1. The number of nitrogens with one attached hydrogen (secondary N) is 1. The number of halogens is 1. The molecule has 0 fully saturated rings. The fraction of sp³-hybridized carbons (Fsp3) is 0.312. The molecule has 2 atom stereocenters. The van der Waals surface area contributed by atoms with Crippen molar-refractivity contribution in [3.63, 3.8) is 0 Å². The van der Waals surface area contributed by atoms with Crippen LogP contribution in [0.15, 0.2) is 36.5 Å². The van der Waals surface area contributed by atoms with E-state index in [-0.39, 0.29) is 6.61 Å². The molecule has 0 saturated carbocycles. The summed E-state index contributed by atoms with van der Waals surface area (Å²) in [5, 5.41) is 16.2. The maximum Gasteiger partial charge on any atom is 0.229 e. The number of anilines is 1. The number of rotatable bonds is 5. The molecule has 1 amide bonds. The second kappa shape index (κ2) is 6.40. The zero-order valence-electron chi connectivity index (χ0n) is 12.9. The Morgan fingerprint density at radius 1 is 1.46 bits per heavy atom. The first-order chi connectivity index (χ1) is 11.5. The molecule has 0 aliphatic carbocycles. The first kappa shape index (κ1) is 16.1. The van der Waals surface area contributed by atoms with E-state index in [4.69, 9.17) is 10.8 Å². The van der Waals surface area contributed by atoms with E-state index >= 15 is 0 Å². The molecule has 0 spiro atoms. The van der Waals surface area contributed by atoms with Gasteiger partial charge in [0.1, 0.15) is 17.8 Å². The van der Waals surface area contributed by atoms with E-state index in [9.17, 15) is 9.18 Å². The Bertz CT molecular complexity index is 789. The number of carbonyl (C=O) groups is 1. The second-order valence-corrected chi connectivity index (χ2v) is 5.62. The van der Waals surface area contributed by atoms with Crippen LogP contribution < -0.4 is 11.1 Å². The van der Waals surface area contributed by atoms with Crippen molar-refractivity contribution in [2.45, 2.75) is 18.9 Å². The topological polar surface area (TPSA) is 106 Å². The Balaban J connectivity index is 2.12. The predicted octanol–water partition coefficient (Wildman–Crippen LogP) is 0.972. The third-order valence-electron chi connectivity index (χ3n) is 3.99. The molecular formula is C16H18FN5O2. The Morgan fingerprint density at radius 3 is 2.88 bits per heavy atom. The van der Waals surface area contributed by atoms with Crippen molar-refractivity contribution < 1.29 is 14.3 Å². The molecule has 2 aromatic rings. The number of aliphatic hydroxyl groups excluding tert-OH is 1. The molecular weight excluding hydrogens is 313 g/mol. The average Bonchev–Trinajstić information content (AvgIpc) is 2.94. The van der Waals surface area contributed by atoms with Gasteiger partial charge in [0.25, 0.3) is 0 Å². The van der Waals surface area contributed by atoms with Crippen LogP contribution in [0.25, 0.3) is 0 Å². The van der Waals surface area contributed by atoms with Crippen LogP contribution in [-0.4, -0.2) is 32.4 Å². The van der Waals surface area contributed by atoms with E-state index in [0.717, 1.165) is 0 Å². The molecule has 1 aromatic heterocycles. The molecule has 0 saturated heterocycles. The van der Waals surface area contributed by atoms with Gasteiger partial charge in [0.2, 0.25) is 11.9 Å². The van der Waals surface area contributed by atoms with Gasteiger partial charge in [0.05, 0.1) is 0 Å². The number of hydrogen-bond donors (Lipinski definition) is 3. The summed E-state index contributed by atoms with van der Waals surface area (Å²) in [6.07, 6.45) is 0.976. The van der Waals surface area contributed by atoms with Crippen molar-refractivity contribution >= 4 is 11.9 Å². The molecule has 4 N–H and O–H groups in total. The highest BCUT2D eigenvalue weighted by atomic mass is 19.1. The van der Waals surface area contributed by atoms with E-state index in [2.05, 4.69) is 22.0 Å². The number of nitrogens with zero attached hydrogens (tertiary/aromatic N) is 3. The largest absolute Gasteiger partial charge is 0.396 e. The number of fused-ring (bicyclic) bond motifs is 1. The number of carbonyl (C=O) groups excluding carboxylic acids is 1. The smallest absolute Gasteiger partial charge is 0.229 e. The molecule has 8 heteroatoms. The normalized spacial score (nSPS) is 19.7. The number of amides is 1. The van der Waals surface area contributed by atoms with Crippen LogP contribution in [-0.2, 0) is 11.2 Å². The lowest BCUT2D eigenvalue weighted by atomic mass is 9.88. The van der Waals surface area contributed by atoms with Crippen LogP contribution in [0.5, 0.6) is 0 Å². The molecule has 0 bridgehead atoms. The molecule has 24 heavy (non-hydrogen) atoms. The van der Waals surface area contributed by atoms with E-state index in [0.29, 0.717) is 35.9 Å². The zero-order chi connectivity index (χ0) is 17.3. The van der Waals surface area contributed by atoms with Crippen LogP contribution in [0.4, 0.5) is 10.3 Å². The summed E-state index contributed by atoms with van der Waals surface area (Å²) in [6, 6.07) is 5.41. The van der Waals surface area contributed by atoms with Crippen LogP contribution in [0.2, 0.25) is 0 Å². The number of benzene rings is 1. The minimum atomic E-state index is -0.859. The lowest BCUT2D eigenvalue weighted by Gasteiger charge is -2.32. The highest BCUT2D eigenvalue weighted by Crippen LogP contribution is 2.38. The number of hydrogen-bond acceptors (Lipinski definition) is 5. The average molecular weight is 331 g/mol. The Kier molecular flexibility index (Phi) is 4.30. The molecule has 1 aliphatic heterocycles. The minimum absolute atomic E-state index is 0.0185. The standard InChI is InChI=1S/C16H18FN5O2/c1-9-13(15(18)24)14(10-5-2-3-6-11(10)17)22-16(19-9)20-12(21-22)7-4-8-23/h2-3,5-6,13-14,23H,1,4,7-8H2,(H2,18,24)(H,19,20,21)/t13-,14+/m1/s1. The van der Waals surface area contributed by atoms with Crippen LogP contribution in [0.3, 0.4) is 0 Å². The number of aromatic nitrogens is 3. The summed E-state index contributed by atoms with van der Waals surface area (Å²) in [5.41, 5.74) is 6.17. The van der Waals surface area contributed by atoms with Crippen LogP contribution in [0, 0.1) is 11.7 Å². The van der Waals surface area contributed by atoms with Gasteiger partial charge in [-0.2, -0.15) is 10.1 Å². The van der Waals surface area contributed by atoms with Crippen molar-refractivity contribution in [1.82, 2.24) is 14.8 Å². The first-order valence-electron chi connectivity index (χ1n) is 7.58. The molecule has 3 rings (SSSR count). The van der Waals surface area contributed by atoms with Crippen molar-refractivity contribution in [3.8, 4) is 0 Å². The van der Waals surface area contributed by atoms with Gasteiger partial charge in [-0.3, -0.25) is 4.79 Å². The third-order valence-corrected chi connectivity index (χ3v) is 3.99. The molecule has 7 nitrogen and oxygen atoms in total. The lowest BCUT2D eigenvalue weighted by Crippen LogP contribution is -2.40. The van der Waals surface area contributed by atoms with Gasteiger partial charge >= 0.3 is 0 Å². The van der Waals surface area contributed by atoms with Gasteiger partial charge in [0, 0.05) is 24.3 Å². The number of primary amides is 1. The van der Waals surface area contributed by atoms with Gasteiger partial charge in [0.15, 0.2) is 5.82 Å². The van der Waals surface area contributed by atoms with Gasteiger partial charge in [-0.25, -0.2) is 9.07 Å². The summed E-state index contributed by atoms with van der Waals surface area (Å²) in [6.45, 7) is 3.86. The Labute approximate surface area is 138 Å². The van der Waals surface area contributed by atoms with Gasteiger partial charge < -0.3 is 16.2 Å². The summed E-state index contributed by atoms with van der Waals surface area (Å²) in [5.74, 6) is -1.08. The fourth-order valence-corrected chi connectivity index (χ4v) is 2.90. The molecule has 126 valence electrons. The van der Waals surface area contributed by atoms with E-state index < -0.39 is 23.7 Å². The van der Waals surface area contributed by atoms with E-state index in [1.54, 1.807) is 18.2 Å². The molecule has 0 radical (unpaired) electrons. The Hall–Kier alpha value is -2.74. The number of aryl methyl sites for hydroxylation is 1. The van der Waals surface area contributed by atoms with Crippen molar-refractivity contribution in [2.24, 2.45) is 11.7 Å². The summed E-state index contributed by atoms with van der Waals surface area (Å²) in [4.78, 5) is 16.3. The lowest BCUT2D eigenvalue weighted by molar-refractivity contribution is -0.121. The minimum Gasteiger partial charge on any atom is -0.396 e. The fourth-order valence-electron chi connectivity index (χ4n) is 2.90. The van der Waals surface area contributed by atoms with Crippen molar-refractivity contribution in [2.75, 3.05) is 11.9 Å². The SMILES string of the molecule is C=C1Nc2nc(CCCO)nn2[C@@H](c2ccccc2F)[C@@H]1C(N)=O. The van der Waals surface area contributed by atoms with Crippen molar-refractivity contribution in [1.29, 1.82) is 0 Å². The second-order valence-electron chi connectivity index (χ2n) is 5.62.